The summed E-state index contributed by atoms with van der Waals surface area (Å²) in [4.78, 5) is 0. The van der Waals surface area contributed by atoms with Gasteiger partial charge in [0.1, 0.15) is 0 Å². The predicted molar refractivity (Wildman–Crippen MR) is 106 cm³/mol. The minimum atomic E-state index is 0.115. The van der Waals surface area contributed by atoms with E-state index in [1.54, 1.807) is 0 Å². The Morgan fingerprint density at radius 3 is 2.46 bits per heavy atom. The zero-order valence-corrected chi connectivity index (χ0v) is 15.3. The molecule has 24 heavy (non-hydrogen) atoms. The largest absolute Gasteiger partial charge is 0.118 e. The summed E-state index contributed by atoms with van der Waals surface area (Å²) in [6.07, 6.45) is 3.34. The molecule has 1 unspecified atom stereocenters. The average molecular weight is 337 g/mol. The molecule has 3 aromatic carbocycles. The van der Waals surface area contributed by atoms with Gasteiger partial charge in [-0.3, -0.25) is 0 Å². The van der Waals surface area contributed by atoms with Gasteiger partial charge in [0.05, 0.1) is 5.38 Å². The SMILES string of the molecule is Cc1cccc(C(Cl)CCC[C@H](C)c2cccc3ccccc23)c1. The van der Waals surface area contributed by atoms with E-state index in [-0.39, 0.29) is 5.38 Å². The van der Waals surface area contributed by atoms with E-state index in [9.17, 15) is 0 Å². The van der Waals surface area contributed by atoms with Gasteiger partial charge >= 0.3 is 0 Å². The lowest BCUT2D eigenvalue weighted by Gasteiger charge is -2.16. The Labute approximate surface area is 150 Å². The van der Waals surface area contributed by atoms with Crippen LogP contribution in [0.5, 0.6) is 0 Å². The fourth-order valence-corrected chi connectivity index (χ4v) is 3.76. The van der Waals surface area contributed by atoms with Crippen LogP contribution in [0.2, 0.25) is 0 Å². The van der Waals surface area contributed by atoms with Crippen LogP contribution in [0.1, 0.15) is 54.2 Å². The topological polar surface area (TPSA) is 0 Å². The summed E-state index contributed by atoms with van der Waals surface area (Å²) in [7, 11) is 0. The normalized spacial score (nSPS) is 13.8. The monoisotopic (exact) mass is 336 g/mol. The molecular weight excluding hydrogens is 312 g/mol. The van der Waals surface area contributed by atoms with Crippen molar-refractivity contribution in [3.05, 3.63) is 83.4 Å². The number of fused-ring (bicyclic) bond motifs is 1. The first kappa shape index (κ1) is 17.0. The molecule has 0 amide bonds. The third-order valence-corrected chi connectivity index (χ3v) is 5.32. The van der Waals surface area contributed by atoms with Crippen LogP contribution in [0.25, 0.3) is 10.8 Å². The van der Waals surface area contributed by atoms with Crippen molar-refractivity contribution in [1.29, 1.82) is 0 Å². The van der Waals surface area contributed by atoms with E-state index < -0.39 is 0 Å². The molecule has 0 heterocycles. The molecule has 0 aliphatic carbocycles. The van der Waals surface area contributed by atoms with Crippen LogP contribution in [0.15, 0.2) is 66.7 Å². The average Bonchev–Trinajstić information content (AvgIpc) is 2.61. The predicted octanol–water partition coefficient (Wildman–Crippen LogP) is 7.40. The van der Waals surface area contributed by atoms with Crippen molar-refractivity contribution in [2.75, 3.05) is 0 Å². The minimum absolute atomic E-state index is 0.115. The molecule has 0 saturated heterocycles. The third-order valence-electron chi connectivity index (χ3n) is 4.85. The second-order valence-corrected chi connectivity index (χ2v) is 7.31. The van der Waals surface area contributed by atoms with Crippen LogP contribution in [0.4, 0.5) is 0 Å². The standard InChI is InChI=1S/C23H25Cl/c1-17-8-5-12-20(16-17)23(24)15-6-9-18(2)21-14-7-11-19-10-3-4-13-22(19)21/h3-5,7-8,10-14,16,18,23H,6,9,15H2,1-2H3/t18-,23?/m0/s1. The Kier molecular flexibility index (Phi) is 5.58. The smallest absolute Gasteiger partial charge is 0.0585 e. The van der Waals surface area contributed by atoms with Gasteiger partial charge < -0.3 is 0 Å². The lowest BCUT2D eigenvalue weighted by Crippen LogP contribution is -1.97. The Morgan fingerprint density at radius 2 is 1.62 bits per heavy atom. The summed E-state index contributed by atoms with van der Waals surface area (Å²) in [5.41, 5.74) is 3.98. The second kappa shape index (κ2) is 7.85. The van der Waals surface area contributed by atoms with Gasteiger partial charge in [0.25, 0.3) is 0 Å². The molecule has 3 aromatic rings. The maximum Gasteiger partial charge on any atom is 0.0585 e. The van der Waals surface area contributed by atoms with E-state index >= 15 is 0 Å². The van der Waals surface area contributed by atoms with Crippen LogP contribution >= 0.6 is 11.6 Å². The highest BCUT2D eigenvalue weighted by Crippen LogP contribution is 2.32. The number of alkyl halides is 1. The molecule has 124 valence electrons. The number of halogens is 1. The van der Waals surface area contributed by atoms with Gasteiger partial charge in [-0.1, -0.05) is 85.6 Å². The van der Waals surface area contributed by atoms with Crippen molar-refractivity contribution in [3.63, 3.8) is 0 Å². The van der Waals surface area contributed by atoms with E-state index in [1.165, 1.54) is 33.9 Å². The molecule has 0 spiro atoms. The lowest BCUT2D eigenvalue weighted by atomic mass is 9.90. The van der Waals surface area contributed by atoms with Crippen LogP contribution in [0, 0.1) is 6.92 Å². The molecule has 3 rings (SSSR count). The minimum Gasteiger partial charge on any atom is -0.118 e. The van der Waals surface area contributed by atoms with Gasteiger partial charge in [-0.25, -0.2) is 0 Å². The summed E-state index contributed by atoms with van der Waals surface area (Å²) < 4.78 is 0. The van der Waals surface area contributed by atoms with E-state index in [1.807, 2.05) is 0 Å². The van der Waals surface area contributed by atoms with Crippen LogP contribution in [-0.2, 0) is 0 Å². The first-order valence-corrected chi connectivity index (χ1v) is 9.27. The molecule has 0 fully saturated rings. The van der Waals surface area contributed by atoms with Crippen LogP contribution in [-0.4, -0.2) is 0 Å². The molecule has 0 aromatic heterocycles. The lowest BCUT2D eigenvalue weighted by molar-refractivity contribution is 0.600. The first-order chi connectivity index (χ1) is 11.6. The van der Waals surface area contributed by atoms with E-state index in [0.717, 1.165) is 12.8 Å². The first-order valence-electron chi connectivity index (χ1n) is 8.83. The molecule has 2 atom stereocenters. The molecule has 0 aliphatic rings. The Morgan fingerprint density at radius 1 is 0.875 bits per heavy atom. The Hall–Kier alpha value is -1.79. The van der Waals surface area contributed by atoms with Crippen molar-refractivity contribution < 1.29 is 0 Å². The van der Waals surface area contributed by atoms with E-state index in [4.69, 9.17) is 11.6 Å². The number of benzene rings is 3. The zero-order valence-electron chi connectivity index (χ0n) is 14.5. The van der Waals surface area contributed by atoms with Gasteiger partial charge in [0, 0.05) is 0 Å². The number of hydrogen-bond acceptors (Lipinski definition) is 0. The van der Waals surface area contributed by atoms with Crippen LogP contribution in [0.3, 0.4) is 0 Å². The maximum atomic E-state index is 6.60. The van der Waals surface area contributed by atoms with Gasteiger partial charge in [0.15, 0.2) is 0 Å². The molecule has 0 nitrogen and oxygen atoms in total. The molecule has 1 heteroatoms. The van der Waals surface area contributed by atoms with Gasteiger partial charge in [-0.2, -0.15) is 0 Å². The Bertz CT molecular complexity index is 800. The summed E-state index contributed by atoms with van der Waals surface area (Å²) in [6, 6.07) is 23.9. The van der Waals surface area contributed by atoms with E-state index in [0.29, 0.717) is 5.92 Å². The highest BCUT2D eigenvalue weighted by atomic mass is 35.5. The van der Waals surface area contributed by atoms with Crippen molar-refractivity contribution in [2.24, 2.45) is 0 Å². The molecular formula is C23H25Cl. The molecule has 0 saturated carbocycles. The van der Waals surface area contributed by atoms with Crippen LogP contribution < -0.4 is 0 Å². The summed E-state index contributed by atoms with van der Waals surface area (Å²) in [6.45, 7) is 4.45. The Balaban J connectivity index is 1.62. The highest BCUT2D eigenvalue weighted by molar-refractivity contribution is 6.20. The summed E-state index contributed by atoms with van der Waals surface area (Å²) in [5, 5.41) is 2.83. The summed E-state index contributed by atoms with van der Waals surface area (Å²) in [5.74, 6) is 0.553. The number of hydrogen-bond donors (Lipinski definition) is 0. The molecule has 0 radical (unpaired) electrons. The number of rotatable bonds is 6. The van der Waals surface area contributed by atoms with Crippen molar-refractivity contribution in [3.8, 4) is 0 Å². The fraction of sp³-hybridized carbons (Fsp3) is 0.304. The molecule has 0 bridgehead atoms. The van der Waals surface area contributed by atoms with Gasteiger partial charge in [-0.15, -0.1) is 11.6 Å². The molecule has 0 N–H and O–H groups in total. The maximum absolute atomic E-state index is 6.60. The molecule has 0 aliphatic heterocycles. The van der Waals surface area contributed by atoms with Gasteiger partial charge in [-0.05, 0) is 47.6 Å². The summed E-state index contributed by atoms with van der Waals surface area (Å²) >= 11 is 6.60. The third kappa shape index (κ3) is 3.99. The van der Waals surface area contributed by atoms with Crippen molar-refractivity contribution in [2.45, 2.75) is 44.4 Å². The van der Waals surface area contributed by atoms with Crippen molar-refractivity contribution >= 4 is 22.4 Å². The second-order valence-electron chi connectivity index (χ2n) is 6.78. The quantitative estimate of drug-likeness (QED) is 0.411. The number of aryl methyl sites for hydroxylation is 1. The zero-order chi connectivity index (χ0) is 16.9. The fourth-order valence-electron chi connectivity index (χ4n) is 3.47. The highest BCUT2D eigenvalue weighted by Gasteiger charge is 2.12. The van der Waals surface area contributed by atoms with Crippen molar-refractivity contribution in [1.82, 2.24) is 0 Å². The van der Waals surface area contributed by atoms with Gasteiger partial charge in [0.2, 0.25) is 0 Å². The van der Waals surface area contributed by atoms with E-state index in [2.05, 4.69) is 80.6 Å².